The highest BCUT2D eigenvalue weighted by molar-refractivity contribution is 6.40. The van der Waals surface area contributed by atoms with E-state index in [1.54, 1.807) is 35.3 Å². The normalized spacial score (nSPS) is 20.7. The lowest BCUT2D eigenvalue weighted by Gasteiger charge is -2.36. The number of hydrogen-bond acceptors (Lipinski definition) is 3. The molecule has 0 radical (unpaired) electrons. The minimum Gasteiger partial charge on any atom is -0.263 e. The van der Waals surface area contributed by atoms with Crippen LogP contribution in [0.3, 0.4) is 0 Å². The average molecular weight is 450 g/mol. The van der Waals surface area contributed by atoms with Crippen LogP contribution in [0.2, 0.25) is 10.0 Å². The summed E-state index contributed by atoms with van der Waals surface area (Å²) in [6, 6.07) is 11.1. The standard InChI is InChI=1S/C22H23Cl2FN4O/c1-29(11-3-2-4-12-29)27-22(30)19-14-21(15-5-8-17(25)9-6-15)28(26-19)20-10-7-16(23)13-18(20)24/h5-10,13,21H,2-4,11-12,14H2,1H3/p+1/t21-/m1/s1. The predicted molar refractivity (Wildman–Crippen MR) is 118 cm³/mol. The molecule has 0 spiro atoms. The molecule has 4 rings (SSSR count). The lowest BCUT2D eigenvalue weighted by Crippen LogP contribution is -2.60. The Kier molecular flexibility index (Phi) is 6.00. The van der Waals surface area contributed by atoms with E-state index in [0.717, 1.165) is 31.5 Å². The number of benzene rings is 2. The lowest BCUT2D eigenvalue weighted by molar-refractivity contribution is -0.947. The second-order valence-corrected chi connectivity index (χ2v) is 8.95. The molecule has 2 aliphatic rings. The molecule has 1 N–H and O–H groups in total. The molecule has 8 heteroatoms. The van der Waals surface area contributed by atoms with E-state index in [2.05, 4.69) is 10.5 Å². The van der Waals surface area contributed by atoms with Crippen LogP contribution in [0.25, 0.3) is 0 Å². The number of carbonyl (C=O) groups excluding carboxylic acids is 1. The molecule has 2 heterocycles. The Bertz CT molecular complexity index is 974. The lowest BCUT2D eigenvalue weighted by atomic mass is 10.0. The SMILES string of the molecule is C[N+]1(NC(=O)C2=NN(c3ccc(Cl)cc3Cl)[C@@H](c3ccc(F)cc3)C2)CCCCC1. The van der Waals surface area contributed by atoms with Gasteiger partial charge in [-0.15, -0.1) is 0 Å². The highest BCUT2D eigenvalue weighted by atomic mass is 35.5. The van der Waals surface area contributed by atoms with Crippen LogP contribution < -0.4 is 10.4 Å². The van der Waals surface area contributed by atoms with Crippen LogP contribution >= 0.6 is 23.2 Å². The van der Waals surface area contributed by atoms with Gasteiger partial charge in [0.1, 0.15) is 24.6 Å². The molecule has 2 aromatic rings. The smallest absolute Gasteiger partial charge is 0.263 e. The molecule has 0 saturated carbocycles. The summed E-state index contributed by atoms with van der Waals surface area (Å²) in [6.07, 6.45) is 3.78. The summed E-state index contributed by atoms with van der Waals surface area (Å²) in [5.41, 5.74) is 5.08. The van der Waals surface area contributed by atoms with Crippen molar-refractivity contribution in [2.75, 3.05) is 25.1 Å². The first-order valence-corrected chi connectivity index (χ1v) is 10.8. The van der Waals surface area contributed by atoms with E-state index in [9.17, 15) is 9.18 Å². The van der Waals surface area contributed by atoms with E-state index in [0.29, 0.717) is 32.5 Å². The summed E-state index contributed by atoms with van der Waals surface area (Å²) in [7, 11) is 2.04. The molecule has 5 nitrogen and oxygen atoms in total. The van der Waals surface area contributed by atoms with Gasteiger partial charge >= 0.3 is 5.91 Å². The second-order valence-electron chi connectivity index (χ2n) is 8.10. The van der Waals surface area contributed by atoms with Crippen molar-refractivity contribution in [2.45, 2.75) is 31.7 Å². The molecule has 1 atom stereocenters. The molecule has 158 valence electrons. The van der Waals surface area contributed by atoms with Gasteiger partial charge in [-0.1, -0.05) is 35.3 Å². The van der Waals surface area contributed by atoms with Crippen LogP contribution in [0, 0.1) is 5.82 Å². The van der Waals surface area contributed by atoms with Crippen molar-refractivity contribution < 1.29 is 13.8 Å². The maximum absolute atomic E-state index is 13.5. The Morgan fingerprint density at radius 2 is 1.83 bits per heavy atom. The third-order valence-corrected chi connectivity index (χ3v) is 6.30. The number of hydrogen-bond donors (Lipinski definition) is 1. The molecule has 0 unspecified atom stereocenters. The molecule has 2 aliphatic heterocycles. The molecule has 2 aromatic carbocycles. The average Bonchev–Trinajstić information content (AvgIpc) is 3.14. The monoisotopic (exact) mass is 449 g/mol. The maximum atomic E-state index is 13.5. The van der Waals surface area contributed by atoms with Crippen LogP contribution in [-0.4, -0.2) is 36.3 Å². The molecule has 30 heavy (non-hydrogen) atoms. The van der Waals surface area contributed by atoms with E-state index in [1.165, 1.54) is 18.6 Å². The predicted octanol–water partition coefficient (Wildman–Crippen LogP) is 5.10. The van der Waals surface area contributed by atoms with Crippen LogP contribution in [0.4, 0.5) is 10.1 Å². The van der Waals surface area contributed by atoms with Gasteiger partial charge in [-0.05, 0) is 55.2 Å². The molecule has 1 fully saturated rings. The quantitative estimate of drug-likeness (QED) is 0.659. The van der Waals surface area contributed by atoms with E-state index in [4.69, 9.17) is 23.2 Å². The molecule has 1 saturated heterocycles. The third-order valence-electron chi connectivity index (χ3n) is 5.76. The zero-order chi connectivity index (χ0) is 21.3. The number of quaternary nitrogens is 1. The van der Waals surface area contributed by atoms with Crippen LogP contribution in [0.1, 0.15) is 37.3 Å². The molecule has 0 bridgehead atoms. The van der Waals surface area contributed by atoms with Gasteiger partial charge in [-0.2, -0.15) is 10.5 Å². The minimum absolute atomic E-state index is 0.181. The van der Waals surface area contributed by atoms with Crippen molar-refractivity contribution in [1.82, 2.24) is 5.43 Å². The van der Waals surface area contributed by atoms with Crippen LogP contribution in [0.5, 0.6) is 0 Å². The Hall–Kier alpha value is -2.15. The fraction of sp³-hybridized carbons (Fsp3) is 0.364. The summed E-state index contributed by atoms with van der Waals surface area (Å²) < 4.78 is 14.0. The zero-order valence-corrected chi connectivity index (χ0v) is 18.3. The van der Waals surface area contributed by atoms with Gasteiger partial charge in [0, 0.05) is 11.4 Å². The summed E-state index contributed by atoms with van der Waals surface area (Å²) >= 11 is 12.5. The number of halogens is 3. The third kappa shape index (κ3) is 4.46. The summed E-state index contributed by atoms with van der Waals surface area (Å²) in [5, 5.41) is 7.32. The van der Waals surface area contributed by atoms with Crippen molar-refractivity contribution in [3.05, 3.63) is 63.9 Å². The molecular weight excluding hydrogens is 426 g/mol. The molecule has 0 aliphatic carbocycles. The topological polar surface area (TPSA) is 44.7 Å². The van der Waals surface area contributed by atoms with E-state index in [-0.39, 0.29) is 17.8 Å². The Morgan fingerprint density at radius 3 is 2.50 bits per heavy atom. The first kappa shape index (κ1) is 21.1. The fourth-order valence-electron chi connectivity index (χ4n) is 4.11. The van der Waals surface area contributed by atoms with Gasteiger partial charge in [0.25, 0.3) is 0 Å². The molecule has 1 amide bonds. The van der Waals surface area contributed by atoms with Gasteiger partial charge in [0.2, 0.25) is 0 Å². The van der Waals surface area contributed by atoms with Gasteiger partial charge in [-0.25, -0.2) is 8.98 Å². The van der Waals surface area contributed by atoms with Crippen molar-refractivity contribution in [1.29, 1.82) is 0 Å². The fourth-order valence-corrected chi connectivity index (χ4v) is 4.61. The highest BCUT2D eigenvalue weighted by Gasteiger charge is 2.36. The summed E-state index contributed by atoms with van der Waals surface area (Å²) in [4.78, 5) is 13.1. The Balaban J connectivity index is 1.64. The number of rotatable bonds is 4. The van der Waals surface area contributed by atoms with Gasteiger partial charge < -0.3 is 0 Å². The second kappa shape index (κ2) is 8.53. The van der Waals surface area contributed by atoms with Crippen LogP contribution in [0.15, 0.2) is 47.6 Å². The number of piperidine rings is 1. The van der Waals surface area contributed by atoms with E-state index < -0.39 is 0 Å². The summed E-state index contributed by atoms with van der Waals surface area (Å²) in [6.45, 7) is 1.82. The number of likely N-dealkylation sites (tertiary alicyclic amines) is 1. The van der Waals surface area contributed by atoms with Crippen LogP contribution in [-0.2, 0) is 4.79 Å². The number of anilines is 1. The minimum atomic E-state index is -0.311. The largest absolute Gasteiger partial charge is 0.312 e. The number of nitrogens with zero attached hydrogens (tertiary/aromatic N) is 3. The van der Waals surface area contributed by atoms with Gasteiger partial charge in [-0.3, -0.25) is 9.80 Å². The number of carbonyl (C=O) groups is 1. The number of nitrogens with one attached hydrogen (secondary N) is 1. The number of hydrazone groups is 1. The molecule has 0 aromatic heterocycles. The van der Waals surface area contributed by atoms with Crippen molar-refractivity contribution in [3.63, 3.8) is 0 Å². The van der Waals surface area contributed by atoms with Crippen molar-refractivity contribution in [2.24, 2.45) is 5.10 Å². The highest BCUT2D eigenvalue weighted by Crippen LogP contribution is 2.39. The van der Waals surface area contributed by atoms with E-state index >= 15 is 0 Å². The Morgan fingerprint density at radius 1 is 1.13 bits per heavy atom. The molecular formula is C22H24Cl2FN4O+. The first-order chi connectivity index (χ1) is 14.3. The van der Waals surface area contributed by atoms with E-state index in [1.807, 2.05) is 7.05 Å². The first-order valence-electron chi connectivity index (χ1n) is 10.1. The van der Waals surface area contributed by atoms with Gasteiger partial charge in [0.15, 0.2) is 0 Å². The van der Waals surface area contributed by atoms with Gasteiger partial charge in [0.05, 0.1) is 23.8 Å². The summed E-state index contributed by atoms with van der Waals surface area (Å²) in [5.74, 6) is -0.492. The van der Waals surface area contributed by atoms with Crippen molar-refractivity contribution >= 4 is 40.5 Å². The van der Waals surface area contributed by atoms with Crippen molar-refractivity contribution in [3.8, 4) is 0 Å². The number of amides is 1. The zero-order valence-electron chi connectivity index (χ0n) is 16.7. The Labute approximate surface area is 185 Å². The maximum Gasteiger partial charge on any atom is 0.312 e.